The molecule has 136 valence electrons. The Morgan fingerprint density at radius 1 is 1.17 bits per heavy atom. The van der Waals surface area contributed by atoms with Gasteiger partial charge in [-0.1, -0.05) is 39.5 Å². The van der Waals surface area contributed by atoms with Gasteiger partial charge in [-0.15, -0.1) is 0 Å². The first-order valence-electron chi connectivity index (χ1n) is 8.86. The maximum absolute atomic E-state index is 12.2. The van der Waals surface area contributed by atoms with Crippen LogP contribution in [-0.4, -0.2) is 26.5 Å². The quantitative estimate of drug-likeness (QED) is 0.749. The first-order valence-corrected chi connectivity index (χ1v) is 8.86. The number of carbonyl (C=O) groups is 1. The lowest BCUT2D eigenvalue weighted by Crippen LogP contribution is -2.46. The molecule has 0 saturated heterocycles. The van der Waals surface area contributed by atoms with Crippen molar-refractivity contribution in [1.82, 2.24) is 14.5 Å². The van der Waals surface area contributed by atoms with Gasteiger partial charge in [-0.25, -0.2) is 14.2 Å². The molecule has 0 aliphatic rings. The number of aromatic nitrogens is 3. The number of carbonyl (C=O) groups excluding carboxylic acids is 1. The number of nitrogens with zero attached hydrogens (tertiary/aromatic N) is 3. The zero-order valence-corrected chi connectivity index (χ0v) is 15.5. The van der Waals surface area contributed by atoms with Crippen LogP contribution in [0.25, 0.3) is 0 Å². The monoisotopic (exact) mass is 338 g/mol. The standard InChI is InChI=1S/C17H30N4O3/c1-6-8-10-14(11-9-7-2)21(13(5)22)15-18-16(23)20(12(3)4)17(24)19-15/h12,14H,6-11H2,1-5H3,(H,18,19,23,24). The Bertz CT molecular complexity index is 609. The first-order chi connectivity index (χ1) is 11.3. The van der Waals surface area contributed by atoms with Crippen molar-refractivity contribution >= 4 is 11.9 Å². The molecule has 0 saturated carbocycles. The molecule has 1 aromatic heterocycles. The highest BCUT2D eigenvalue weighted by Gasteiger charge is 2.25. The fourth-order valence-corrected chi connectivity index (χ4v) is 2.85. The van der Waals surface area contributed by atoms with Gasteiger partial charge in [-0.05, 0) is 26.7 Å². The van der Waals surface area contributed by atoms with Gasteiger partial charge in [0.05, 0.1) is 0 Å². The van der Waals surface area contributed by atoms with Gasteiger partial charge < -0.3 is 0 Å². The van der Waals surface area contributed by atoms with Crippen molar-refractivity contribution in [3.05, 3.63) is 21.0 Å². The second kappa shape index (κ2) is 9.39. The maximum Gasteiger partial charge on any atom is 0.355 e. The van der Waals surface area contributed by atoms with E-state index in [0.29, 0.717) is 0 Å². The van der Waals surface area contributed by atoms with Crippen molar-refractivity contribution in [2.45, 2.75) is 85.2 Å². The molecule has 0 aliphatic carbocycles. The highest BCUT2D eigenvalue weighted by atomic mass is 16.2. The fraction of sp³-hybridized carbons (Fsp3) is 0.765. The van der Waals surface area contributed by atoms with Crippen LogP contribution >= 0.6 is 0 Å². The first kappa shape index (κ1) is 20.1. The van der Waals surface area contributed by atoms with Crippen LogP contribution in [0.1, 0.15) is 79.2 Å². The number of aromatic amines is 1. The van der Waals surface area contributed by atoms with E-state index in [1.54, 1.807) is 13.8 Å². The zero-order chi connectivity index (χ0) is 18.3. The lowest BCUT2D eigenvalue weighted by Gasteiger charge is -2.29. The predicted molar refractivity (Wildman–Crippen MR) is 95.5 cm³/mol. The molecule has 1 aromatic rings. The summed E-state index contributed by atoms with van der Waals surface area (Å²) < 4.78 is 1.05. The number of anilines is 1. The molecule has 7 heteroatoms. The molecule has 0 bridgehead atoms. The SMILES string of the molecule is CCCCC(CCCC)N(C(C)=O)c1nc(=O)n(C(C)C)c(=O)[nH]1. The zero-order valence-electron chi connectivity index (χ0n) is 15.5. The van der Waals surface area contributed by atoms with E-state index in [1.165, 1.54) is 11.8 Å². The third-order valence-corrected chi connectivity index (χ3v) is 4.08. The van der Waals surface area contributed by atoms with Gasteiger partial charge in [0.1, 0.15) is 0 Å². The Hall–Kier alpha value is -1.92. The minimum absolute atomic E-state index is 0.0557. The summed E-state index contributed by atoms with van der Waals surface area (Å²) in [4.78, 5) is 44.7. The van der Waals surface area contributed by atoms with E-state index in [2.05, 4.69) is 23.8 Å². The average molecular weight is 338 g/mol. The highest BCUT2D eigenvalue weighted by molar-refractivity contribution is 5.90. The second-order valence-electron chi connectivity index (χ2n) is 6.44. The van der Waals surface area contributed by atoms with Crippen LogP contribution in [0.3, 0.4) is 0 Å². The molecular weight excluding hydrogens is 308 g/mol. The molecule has 24 heavy (non-hydrogen) atoms. The van der Waals surface area contributed by atoms with E-state index in [9.17, 15) is 14.4 Å². The topological polar surface area (TPSA) is 88.1 Å². The van der Waals surface area contributed by atoms with E-state index in [-0.39, 0.29) is 23.9 Å². The lowest BCUT2D eigenvalue weighted by molar-refractivity contribution is -0.117. The van der Waals surface area contributed by atoms with Crippen molar-refractivity contribution in [2.24, 2.45) is 0 Å². The maximum atomic E-state index is 12.2. The van der Waals surface area contributed by atoms with Crippen LogP contribution in [0.15, 0.2) is 9.59 Å². The molecule has 1 N–H and O–H groups in total. The van der Waals surface area contributed by atoms with Gasteiger partial charge in [0.25, 0.3) is 0 Å². The van der Waals surface area contributed by atoms with E-state index in [1.807, 2.05) is 0 Å². The minimum atomic E-state index is -0.625. The van der Waals surface area contributed by atoms with Gasteiger partial charge in [-0.3, -0.25) is 14.7 Å². The highest BCUT2D eigenvalue weighted by Crippen LogP contribution is 2.19. The number of H-pyrrole nitrogens is 1. The summed E-state index contributed by atoms with van der Waals surface area (Å²) in [6.45, 7) is 9.12. The van der Waals surface area contributed by atoms with Crippen LogP contribution in [-0.2, 0) is 4.79 Å². The van der Waals surface area contributed by atoms with Crippen LogP contribution < -0.4 is 16.3 Å². The summed E-state index contributed by atoms with van der Waals surface area (Å²) in [5.74, 6) is -0.149. The number of rotatable bonds is 9. The number of hydrogen-bond donors (Lipinski definition) is 1. The summed E-state index contributed by atoms with van der Waals surface area (Å²) in [6.07, 6.45) is 5.65. The Kier molecular flexibility index (Phi) is 7.88. The fourth-order valence-electron chi connectivity index (χ4n) is 2.85. The summed E-state index contributed by atoms with van der Waals surface area (Å²) in [6, 6.07) is -0.343. The molecule has 0 spiro atoms. The van der Waals surface area contributed by atoms with Gasteiger partial charge >= 0.3 is 11.4 Å². The van der Waals surface area contributed by atoms with Crippen molar-refractivity contribution in [2.75, 3.05) is 4.90 Å². The Morgan fingerprint density at radius 2 is 1.71 bits per heavy atom. The second-order valence-corrected chi connectivity index (χ2v) is 6.44. The van der Waals surface area contributed by atoms with Gasteiger partial charge in [0.2, 0.25) is 11.9 Å². The molecule has 1 rings (SSSR count). The van der Waals surface area contributed by atoms with Gasteiger partial charge in [0.15, 0.2) is 0 Å². The molecule has 0 radical (unpaired) electrons. The van der Waals surface area contributed by atoms with Crippen LogP contribution in [0.4, 0.5) is 5.95 Å². The molecule has 7 nitrogen and oxygen atoms in total. The van der Waals surface area contributed by atoms with Crippen LogP contribution in [0.2, 0.25) is 0 Å². The van der Waals surface area contributed by atoms with E-state index >= 15 is 0 Å². The smallest absolute Gasteiger partial charge is 0.279 e. The normalized spacial score (nSPS) is 11.3. The Labute approximate surface area is 143 Å². The molecule has 0 atom stereocenters. The van der Waals surface area contributed by atoms with Crippen LogP contribution in [0.5, 0.6) is 0 Å². The number of hydrogen-bond acceptors (Lipinski definition) is 4. The van der Waals surface area contributed by atoms with Crippen molar-refractivity contribution in [1.29, 1.82) is 0 Å². The number of unbranched alkanes of at least 4 members (excludes halogenated alkanes) is 2. The molecule has 1 amide bonds. The molecule has 0 fully saturated rings. The van der Waals surface area contributed by atoms with Crippen molar-refractivity contribution in [3.63, 3.8) is 0 Å². The molecule has 1 heterocycles. The summed E-state index contributed by atoms with van der Waals surface area (Å²) >= 11 is 0. The molecule has 0 unspecified atom stereocenters. The number of amides is 1. The predicted octanol–water partition coefficient (Wildman–Crippen LogP) is 2.61. The summed E-state index contributed by atoms with van der Waals surface area (Å²) in [5.41, 5.74) is -1.16. The summed E-state index contributed by atoms with van der Waals surface area (Å²) in [7, 11) is 0. The van der Waals surface area contributed by atoms with Crippen LogP contribution in [0, 0.1) is 0 Å². The molecule has 0 aliphatic heterocycles. The summed E-state index contributed by atoms with van der Waals surface area (Å²) in [5, 5.41) is 0. The third kappa shape index (κ3) is 5.04. The molecular formula is C17H30N4O3. The largest absolute Gasteiger partial charge is 0.355 e. The van der Waals surface area contributed by atoms with Gasteiger partial charge in [0, 0.05) is 19.0 Å². The minimum Gasteiger partial charge on any atom is -0.279 e. The number of nitrogens with one attached hydrogen (secondary N) is 1. The van der Waals surface area contributed by atoms with Gasteiger partial charge in [-0.2, -0.15) is 4.98 Å². The van der Waals surface area contributed by atoms with Crippen molar-refractivity contribution < 1.29 is 4.79 Å². The van der Waals surface area contributed by atoms with Crippen molar-refractivity contribution in [3.8, 4) is 0 Å². The Morgan fingerprint density at radius 3 is 2.08 bits per heavy atom. The average Bonchev–Trinajstić information content (AvgIpc) is 2.48. The lowest BCUT2D eigenvalue weighted by atomic mass is 10.0. The van der Waals surface area contributed by atoms with E-state index in [4.69, 9.17) is 0 Å². The molecule has 0 aromatic carbocycles. The third-order valence-electron chi connectivity index (χ3n) is 4.08. The Balaban J connectivity index is 3.29. The van der Waals surface area contributed by atoms with E-state index in [0.717, 1.165) is 43.1 Å². The van der Waals surface area contributed by atoms with E-state index < -0.39 is 11.4 Å².